The highest BCUT2D eigenvalue weighted by Gasteiger charge is 2.22. The second kappa shape index (κ2) is 8.46. The average Bonchev–Trinajstić information content (AvgIpc) is 2.39. The molecule has 120 valence electrons. The van der Waals surface area contributed by atoms with Crippen molar-refractivity contribution in [3.8, 4) is 0 Å². The van der Waals surface area contributed by atoms with Crippen molar-refractivity contribution in [3.05, 3.63) is 0 Å². The molecule has 0 aromatic carbocycles. The second-order valence-electron chi connectivity index (χ2n) is 5.50. The maximum absolute atomic E-state index is 11.6. The molecule has 5 N–H and O–H groups in total. The van der Waals surface area contributed by atoms with E-state index >= 15 is 0 Å². The first kappa shape index (κ1) is 17.2. The topological polar surface area (TPSA) is 125 Å². The van der Waals surface area contributed by atoms with Crippen LogP contribution in [0.2, 0.25) is 0 Å². The van der Waals surface area contributed by atoms with Gasteiger partial charge in [-0.3, -0.25) is 4.79 Å². The molecule has 8 heteroatoms. The highest BCUT2D eigenvalue weighted by Crippen LogP contribution is 2.18. The molecule has 0 unspecified atom stereocenters. The summed E-state index contributed by atoms with van der Waals surface area (Å²) in [7, 11) is 2.09. The number of nitrogens with two attached hydrogens (primary N) is 1. The first-order valence-electron chi connectivity index (χ1n) is 7.12. The van der Waals surface area contributed by atoms with Crippen LogP contribution in [-0.2, 0) is 9.59 Å². The molecule has 3 amide bonds. The summed E-state index contributed by atoms with van der Waals surface area (Å²) >= 11 is 0. The number of carboxylic acids is 1. The van der Waals surface area contributed by atoms with Crippen LogP contribution in [0.15, 0.2) is 0 Å². The van der Waals surface area contributed by atoms with Gasteiger partial charge < -0.3 is 26.4 Å². The van der Waals surface area contributed by atoms with E-state index in [4.69, 9.17) is 10.8 Å². The fourth-order valence-corrected chi connectivity index (χ4v) is 2.35. The summed E-state index contributed by atoms with van der Waals surface area (Å²) in [5.74, 6) is -1.46. The molecule has 0 aliphatic carbocycles. The number of carbonyl (C=O) groups is 3. The molecule has 1 heterocycles. The molecule has 1 saturated heterocycles. The van der Waals surface area contributed by atoms with Gasteiger partial charge >= 0.3 is 12.0 Å². The van der Waals surface area contributed by atoms with E-state index in [1.807, 2.05) is 0 Å². The molecule has 1 rings (SSSR count). The van der Waals surface area contributed by atoms with Gasteiger partial charge in [0, 0.05) is 6.54 Å². The third kappa shape index (κ3) is 6.94. The number of primary amides is 1. The highest BCUT2D eigenvalue weighted by atomic mass is 16.4. The Morgan fingerprint density at radius 1 is 1.33 bits per heavy atom. The Labute approximate surface area is 124 Å². The van der Waals surface area contributed by atoms with Crippen LogP contribution in [0, 0.1) is 5.92 Å². The van der Waals surface area contributed by atoms with E-state index in [1.165, 1.54) is 0 Å². The number of likely N-dealkylation sites (tertiary alicyclic amines) is 1. The smallest absolute Gasteiger partial charge is 0.326 e. The highest BCUT2D eigenvalue weighted by molar-refractivity contribution is 5.87. The van der Waals surface area contributed by atoms with Crippen molar-refractivity contribution in [3.63, 3.8) is 0 Å². The zero-order valence-corrected chi connectivity index (χ0v) is 12.3. The minimum Gasteiger partial charge on any atom is -0.480 e. The third-order valence-corrected chi connectivity index (χ3v) is 3.69. The molecule has 0 spiro atoms. The molecule has 0 aromatic heterocycles. The van der Waals surface area contributed by atoms with Gasteiger partial charge in [0.15, 0.2) is 0 Å². The van der Waals surface area contributed by atoms with Crippen molar-refractivity contribution in [1.82, 2.24) is 15.5 Å². The Bertz CT molecular complexity index is 380. The summed E-state index contributed by atoms with van der Waals surface area (Å²) in [5, 5.41) is 13.7. The molecule has 1 aliphatic heterocycles. The van der Waals surface area contributed by atoms with Gasteiger partial charge in [0.1, 0.15) is 6.04 Å². The summed E-state index contributed by atoms with van der Waals surface area (Å²) in [5.41, 5.74) is 4.94. The van der Waals surface area contributed by atoms with Crippen molar-refractivity contribution < 1.29 is 19.5 Å². The maximum atomic E-state index is 11.6. The summed E-state index contributed by atoms with van der Waals surface area (Å²) in [6.07, 6.45) is 2.67. The normalized spacial score (nSPS) is 18.0. The second-order valence-corrected chi connectivity index (χ2v) is 5.50. The number of nitrogens with zero attached hydrogens (tertiary/aromatic N) is 1. The van der Waals surface area contributed by atoms with E-state index in [2.05, 4.69) is 22.6 Å². The molecule has 0 aromatic rings. The Kier molecular flexibility index (Phi) is 6.93. The molecule has 21 heavy (non-hydrogen) atoms. The molecule has 1 aliphatic rings. The lowest BCUT2D eigenvalue weighted by molar-refractivity contribution is -0.140. The SMILES string of the molecule is CN1CCC(CCNC(=O)N[C@@H](CC(N)=O)C(=O)O)CC1. The van der Waals surface area contributed by atoms with Gasteiger partial charge in [-0.1, -0.05) is 0 Å². The van der Waals surface area contributed by atoms with Gasteiger partial charge in [-0.25, -0.2) is 9.59 Å². The van der Waals surface area contributed by atoms with Gasteiger partial charge in [0.25, 0.3) is 0 Å². The first-order valence-corrected chi connectivity index (χ1v) is 7.12. The van der Waals surface area contributed by atoms with E-state index in [9.17, 15) is 14.4 Å². The van der Waals surface area contributed by atoms with Crippen LogP contribution in [0.1, 0.15) is 25.7 Å². The molecule has 0 radical (unpaired) electrons. The molecule has 0 bridgehead atoms. The minimum atomic E-state index is -1.29. The first-order chi connectivity index (χ1) is 9.88. The van der Waals surface area contributed by atoms with Crippen molar-refractivity contribution in [2.24, 2.45) is 11.7 Å². The number of amides is 3. The van der Waals surface area contributed by atoms with E-state index in [1.54, 1.807) is 0 Å². The van der Waals surface area contributed by atoms with Gasteiger partial charge in [-0.2, -0.15) is 0 Å². The number of carboxylic acid groups (broad SMARTS) is 1. The summed E-state index contributed by atoms with van der Waals surface area (Å²) < 4.78 is 0. The van der Waals surface area contributed by atoms with Crippen molar-refractivity contribution >= 4 is 17.9 Å². The molecule has 8 nitrogen and oxygen atoms in total. The van der Waals surface area contributed by atoms with Gasteiger partial charge in [-0.05, 0) is 45.3 Å². The third-order valence-electron chi connectivity index (χ3n) is 3.69. The van der Waals surface area contributed by atoms with Crippen LogP contribution in [-0.4, -0.2) is 60.6 Å². The van der Waals surface area contributed by atoms with Crippen molar-refractivity contribution in [2.45, 2.75) is 31.7 Å². The fourth-order valence-electron chi connectivity index (χ4n) is 2.35. The van der Waals surface area contributed by atoms with Gasteiger partial charge in [0.2, 0.25) is 5.91 Å². The van der Waals surface area contributed by atoms with Crippen LogP contribution in [0.25, 0.3) is 0 Å². The number of hydrogen-bond donors (Lipinski definition) is 4. The summed E-state index contributed by atoms with van der Waals surface area (Å²) in [6, 6.07) is -1.87. The van der Waals surface area contributed by atoms with Crippen molar-refractivity contribution in [2.75, 3.05) is 26.7 Å². The monoisotopic (exact) mass is 300 g/mol. The van der Waals surface area contributed by atoms with Crippen LogP contribution < -0.4 is 16.4 Å². The van der Waals surface area contributed by atoms with Crippen LogP contribution in [0.3, 0.4) is 0 Å². The average molecular weight is 300 g/mol. The predicted molar refractivity (Wildman–Crippen MR) is 76.6 cm³/mol. The number of piperidine rings is 1. The quantitative estimate of drug-likeness (QED) is 0.497. The number of carbonyl (C=O) groups excluding carboxylic acids is 2. The van der Waals surface area contributed by atoms with E-state index in [0.717, 1.165) is 32.4 Å². The van der Waals surface area contributed by atoms with Crippen molar-refractivity contribution in [1.29, 1.82) is 0 Å². The Morgan fingerprint density at radius 3 is 2.48 bits per heavy atom. The molecular weight excluding hydrogens is 276 g/mol. The standard InChI is InChI=1S/C13H24N4O4/c1-17-6-3-9(4-7-17)2-5-15-13(21)16-10(12(19)20)8-11(14)18/h9-10H,2-8H2,1H3,(H2,14,18)(H,19,20)(H2,15,16,21)/t10-/m0/s1. The van der Waals surface area contributed by atoms with E-state index in [-0.39, 0.29) is 0 Å². The predicted octanol–water partition coefficient (Wildman–Crippen LogP) is -0.654. The zero-order valence-electron chi connectivity index (χ0n) is 12.3. The fraction of sp³-hybridized carbons (Fsp3) is 0.769. The minimum absolute atomic E-state index is 0.419. The number of hydrogen-bond acceptors (Lipinski definition) is 4. The molecule has 1 atom stereocenters. The van der Waals surface area contributed by atoms with E-state index in [0.29, 0.717) is 12.5 Å². The number of urea groups is 1. The number of rotatable bonds is 7. The molecule has 1 fully saturated rings. The number of nitrogens with one attached hydrogen (secondary N) is 2. The Morgan fingerprint density at radius 2 is 1.95 bits per heavy atom. The van der Waals surface area contributed by atoms with Crippen LogP contribution >= 0.6 is 0 Å². The summed E-state index contributed by atoms with van der Waals surface area (Å²) in [4.78, 5) is 35.5. The lowest BCUT2D eigenvalue weighted by Crippen LogP contribution is -2.48. The van der Waals surface area contributed by atoms with Gasteiger partial charge in [-0.15, -0.1) is 0 Å². The van der Waals surface area contributed by atoms with Crippen LogP contribution in [0.4, 0.5) is 4.79 Å². The summed E-state index contributed by atoms with van der Waals surface area (Å²) in [6.45, 7) is 2.62. The Hall–Kier alpha value is -1.83. The molecular formula is C13H24N4O4. The van der Waals surface area contributed by atoms with E-state index < -0.39 is 30.4 Å². The molecule has 0 saturated carbocycles. The largest absolute Gasteiger partial charge is 0.480 e. The lowest BCUT2D eigenvalue weighted by atomic mass is 9.94. The van der Waals surface area contributed by atoms with Gasteiger partial charge in [0.05, 0.1) is 6.42 Å². The number of aliphatic carboxylic acids is 1. The zero-order chi connectivity index (χ0) is 15.8. The van der Waals surface area contributed by atoms with Crippen LogP contribution in [0.5, 0.6) is 0 Å². The Balaban J connectivity index is 2.23. The maximum Gasteiger partial charge on any atom is 0.326 e. The lowest BCUT2D eigenvalue weighted by Gasteiger charge is -2.28.